The molecule has 8 heteroatoms. The summed E-state index contributed by atoms with van der Waals surface area (Å²) in [7, 11) is -3.67. The Kier molecular flexibility index (Phi) is 4.93. The van der Waals surface area contributed by atoms with E-state index in [4.69, 9.17) is 11.6 Å². The summed E-state index contributed by atoms with van der Waals surface area (Å²) in [5.41, 5.74) is 1.01. The molecule has 1 aromatic heterocycles. The number of nitrogens with zero attached hydrogens (tertiary/aromatic N) is 2. The Hall–Kier alpha value is -1.83. The van der Waals surface area contributed by atoms with Crippen LogP contribution in [0.3, 0.4) is 0 Å². The standard InChI is InChI=1S/C16H13BrClN3O2S/c17-15-11-21(10-12-6-8-13(18)9-7-12)19-16(15)20-24(22,23)14-4-2-1-3-5-14/h1-9,11H,10H2,(H,19,20). The van der Waals surface area contributed by atoms with Gasteiger partial charge in [-0.05, 0) is 45.8 Å². The molecule has 3 aromatic rings. The average Bonchev–Trinajstić information content (AvgIpc) is 2.89. The largest absolute Gasteiger partial charge is 0.265 e. The van der Waals surface area contributed by atoms with Crippen molar-refractivity contribution in [2.45, 2.75) is 11.4 Å². The molecule has 1 N–H and O–H groups in total. The number of aromatic nitrogens is 2. The summed E-state index contributed by atoms with van der Waals surface area (Å²) in [5, 5.41) is 4.95. The zero-order valence-electron chi connectivity index (χ0n) is 12.4. The van der Waals surface area contributed by atoms with Gasteiger partial charge in [0.05, 0.1) is 15.9 Å². The zero-order valence-corrected chi connectivity index (χ0v) is 15.5. The van der Waals surface area contributed by atoms with E-state index in [1.54, 1.807) is 41.2 Å². The van der Waals surface area contributed by atoms with E-state index < -0.39 is 10.0 Å². The lowest BCUT2D eigenvalue weighted by Crippen LogP contribution is -2.14. The lowest BCUT2D eigenvalue weighted by molar-refractivity contribution is 0.600. The van der Waals surface area contributed by atoms with Crippen LogP contribution in [-0.2, 0) is 16.6 Å². The SMILES string of the molecule is O=S(=O)(Nc1nn(Cc2ccc(Cl)cc2)cc1Br)c1ccccc1. The van der Waals surface area contributed by atoms with Gasteiger partial charge in [-0.15, -0.1) is 0 Å². The van der Waals surface area contributed by atoms with Gasteiger partial charge in [0.25, 0.3) is 10.0 Å². The van der Waals surface area contributed by atoms with E-state index in [9.17, 15) is 8.42 Å². The smallest absolute Gasteiger partial charge is 0.263 e. The van der Waals surface area contributed by atoms with Crippen LogP contribution in [0.2, 0.25) is 5.02 Å². The molecule has 0 aliphatic rings. The molecule has 0 amide bonds. The van der Waals surface area contributed by atoms with Crippen LogP contribution in [0.1, 0.15) is 5.56 Å². The number of anilines is 1. The van der Waals surface area contributed by atoms with Crippen LogP contribution in [0.15, 0.2) is 70.2 Å². The van der Waals surface area contributed by atoms with Gasteiger partial charge in [-0.3, -0.25) is 9.40 Å². The van der Waals surface area contributed by atoms with Crippen LogP contribution in [0, 0.1) is 0 Å². The second-order valence-electron chi connectivity index (χ2n) is 5.07. The molecular formula is C16H13BrClN3O2S. The van der Waals surface area contributed by atoms with Gasteiger partial charge in [0.2, 0.25) is 0 Å². The van der Waals surface area contributed by atoms with Crippen molar-refractivity contribution in [3.05, 3.63) is 75.9 Å². The van der Waals surface area contributed by atoms with Crippen molar-refractivity contribution in [3.8, 4) is 0 Å². The first kappa shape index (κ1) is 17.0. The second kappa shape index (κ2) is 6.96. The number of hydrogen-bond donors (Lipinski definition) is 1. The normalized spacial score (nSPS) is 11.4. The van der Waals surface area contributed by atoms with Crippen LogP contribution < -0.4 is 4.72 Å². The summed E-state index contributed by atoms with van der Waals surface area (Å²) < 4.78 is 29.4. The third-order valence-corrected chi connectivity index (χ3v) is 5.45. The van der Waals surface area contributed by atoms with E-state index in [0.29, 0.717) is 16.0 Å². The van der Waals surface area contributed by atoms with E-state index >= 15 is 0 Å². The number of benzene rings is 2. The second-order valence-corrected chi connectivity index (χ2v) is 8.04. The lowest BCUT2D eigenvalue weighted by Gasteiger charge is -2.06. The summed E-state index contributed by atoms with van der Waals surface area (Å²) in [6.45, 7) is 0.503. The third-order valence-electron chi connectivity index (χ3n) is 3.26. The summed E-state index contributed by atoms with van der Waals surface area (Å²) in [6.07, 6.45) is 1.72. The summed E-state index contributed by atoms with van der Waals surface area (Å²) in [5.74, 6) is 0.243. The Morgan fingerprint density at radius 2 is 1.75 bits per heavy atom. The first-order valence-electron chi connectivity index (χ1n) is 6.99. The van der Waals surface area contributed by atoms with E-state index in [2.05, 4.69) is 25.8 Å². The van der Waals surface area contributed by atoms with Crippen molar-refractivity contribution in [1.29, 1.82) is 0 Å². The molecule has 0 saturated heterocycles. The highest BCUT2D eigenvalue weighted by molar-refractivity contribution is 9.10. The first-order chi connectivity index (χ1) is 11.4. The van der Waals surface area contributed by atoms with E-state index in [1.807, 2.05) is 12.1 Å². The molecule has 24 heavy (non-hydrogen) atoms. The first-order valence-corrected chi connectivity index (χ1v) is 9.65. The van der Waals surface area contributed by atoms with Gasteiger partial charge in [-0.1, -0.05) is 41.9 Å². The fraction of sp³-hybridized carbons (Fsp3) is 0.0625. The van der Waals surface area contributed by atoms with Gasteiger partial charge in [0.1, 0.15) is 0 Å². The predicted molar refractivity (Wildman–Crippen MR) is 97.7 cm³/mol. The topological polar surface area (TPSA) is 64.0 Å². The molecule has 0 atom stereocenters. The number of sulfonamides is 1. The highest BCUT2D eigenvalue weighted by Crippen LogP contribution is 2.24. The molecule has 0 radical (unpaired) electrons. The van der Waals surface area contributed by atoms with E-state index in [0.717, 1.165) is 5.56 Å². The molecule has 0 fully saturated rings. The molecule has 3 rings (SSSR count). The van der Waals surface area contributed by atoms with Crippen molar-refractivity contribution in [2.24, 2.45) is 0 Å². The number of hydrogen-bond acceptors (Lipinski definition) is 3. The quantitative estimate of drug-likeness (QED) is 0.666. The van der Waals surface area contributed by atoms with Crippen molar-refractivity contribution >= 4 is 43.4 Å². The van der Waals surface area contributed by atoms with Crippen LogP contribution in [0.4, 0.5) is 5.82 Å². The van der Waals surface area contributed by atoms with Gasteiger partial charge >= 0.3 is 0 Å². The third kappa shape index (κ3) is 3.98. The maximum atomic E-state index is 12.4. The zero-order chi connectivity index (χ0) is 17.2. The summed E-state index contributed by atoms with van der Waals surface area (Å²) in [4.78, 5) is 0.184. The van der Waals surface area contributed by atoms with Gasteiger partial charge < -0.3 is 0 Å². The summed E-state index contributed by atoms with van der Waals surface area (Å²) in [6, 6.07) is 15.5. The van der Waals surface area contributed by atoms with Crippen molar-refractivity contribution < 1.29 is 8.42 Å². The van der Waals surface area contributed by atoms with Crippen molar-refractivity contribution in [2.75, 3.05) is 4.72 Å². The lowest BCUT2D eigenvalue weighted by atomic mass is 10.2. The Labute approximate surface area is 153 Å². The van der Waals surface area contributed by atoms with Crippen LogP contribution >= 0.6 is 27.5 Å². The minimum atomic E-state index is -3.67. The number of nitrogens with one attached hydrogen (secondary N) is 1. The molecular weight excluding hydrogens is 414 g/mol. The molecule has 0 bridgehead atoms. The fourth-order valence-electron chi connectivity index (χ4n) is 2.11. The van der Waals surface area contributed by atoms with Crippen molar-refractivity contribution in [3.63, 3.8) is 0 Å². The Morgan fingerprint density at radius 3 is 2.42 bits per heavy atom. The molecule has 1 heterocycles. The fourth-order valence-corrected chi connectivity index (χ4v) is 3.82. The molecule has 0 unspecified atom stereocenters. The van der Waals surface area contributed by atoms with Gasteiger partial charge in [-0.25, -0.2) is 8.42 Å². The molecule has 2 aromatic carbocycles. The maximum Gasteiger partial charge on any atom is 0.263 e. The van der Waals surface area contributed by atoms with Gasteiger partial charge in [0.15, 0.2) is 5.82 Å². The molecule has 5 nitrogen and oxygen atoms in total. The number of halogens is 2. The average molecular weight is 427 g/mol. The monoisotopic (exact) mass is 425 g/mol. The molecule has 0 aliphatic carbocycles. The molecule has 0 saturated carbocycles. The van der Waals surface area contributed by atoms with Crippen LogP contribution in [0.5, 0.6) is 0 Å². The minimum absolute atomic E-state index is 0.184. The van der Waals surface area contributed by atoms with Gasteiger partial charge in [-0.2, -0.15) is 5.10 Å². The Morgan fingerprint density at radius 1 is 1.08 bits per heavy atom. The van der Waals surface area contributed by atoms with Gasteiger partial charge in [0, 0.05) is 11.2 Å². The van der Waals surface area contributed by atoms with E-state index in [1.165, 1.54) is 12.1 Å². The van der Waals surface area contributed by atoms with Crippen LogP contribution in [-0.4, -0.2) is 18.2 Å². The molecule has 0 aliphatic heterocycles. The summed E-state index contributed by atoms with van der Waals surface area (Å²) >= 11 is 9.20. The highest BCUT2D eigenvalue weighted by atomic mass is 79.9. The predicted octanol–water partition coefficient (Wildman–Crippen LogP) is 4.15. The Bertz CT molecular complexity index is 941. The molecule has 0 spiro atoms. The highest BCUT2D eigenvalue weighted by Gasteiger charge is 2.17. The molecule has 124 valence electrons. The maximum absolute atomic E-state index is 12.4. The Balaban J connectivity index is 1.80. The van der Waals surface area contributed by atoms with Crippen molar-refractivity contribution in [1.82, 2.24) is 9.78 Å². The number of rotatable bonds is 5. The van der Waals surface area contributed by atoms with E-state index in [-0.39, 0.29) is 10.7 Å². The van der Waals surface area contributed by atoms with Crippen LogP contribution in [0.25, 0.3) is 0 Å². The minimum Gasteiger partial charge on any atom is -0.265 e.